The maximum absolute atomic E-state index is 11.8. The zero-order valence-electron chi connectivity index (χ0n) is 9.34. The van der Waals surface area contributed by atoms with Gasteiger partial charge in [-0.15, -0.1) is 0 Å². The van der Waals surface area contributed by atoms with Gasteiger partial charge in [0.15, 0.2) is 0 Å². The molecule has 2 aromatic rings. The van der Waals surface area contributed by atoms with Crippen LogP contribution in [-0.2, 0) is 0 Å². The van der Waals surface area contributed by atoms with Crippen molar-refractivity contribution in [3.8, 4) is 0 Å². The predicted molar refractivity (Wildman–Crippen MR) is 69.7 cm³/mol. The molecule has 0 aliphatic carbocycles. The van der Waals surface area contributed by atoms with Crippen LogP contribution in [0.25, 0.3) is 0 Å². The van der Waals surface area contributed by atoms with E-state index in [2.05, 4.69) is 5.32 Å². The van der Waals surface area contributed by atoms with Gasteiger partial charge in [-0.3, -0.25) is 0 Å². The molecule has 0 unspecified atom stereocenters. The van der Waals surface area contributed by atoms with Gasteiger partial charge in [0.2, 0.25) is 0 Å². The summed E-state index contributed by atoms with van der Waals surface area (Å²) in [6.07, 6.45) is 0. The topological polar surface area (TPSA) is 46.2 Å². The normalized spacial score (nSPS) is 13.3. The van der Waals surface area contributed by atoms with Crippen LogP contribution in [0.2, 0.25) is 0 Å². The van der Waals surface area contributed by atoms with E-state index < -0.39 is 0 Å². The Morgan fingerprint density at radius 1 is 0.833 bits per heavy atom. The van der Waals surface area contributed by atoms with Gasteiger partial charge in [0.25, 0.3) is 0 Å². The summed E-state index contributed by atoms with van der Waals surface area (Å²) >= 11 is 0.0363. The number of carbonyl (C=O) groups is 2. The first-order valence-electron chi connectivity index (χ1n) is 5.47. The first-order valence-corrected chi connectivity index (χ1v) is 7.18. The average Bonchev–Trinajstić information content (AvgIpc) is 2.67. The Labute approximate surface area is 110 Å². The van der Waals surface area contributed by atoms with Crippen molar-refractivity contribution in [1.29, 1.82) is 0 Å². The summed E-state index contributed by atoms with van der Waals surface area (Å²) in [6.45, 7) is 0. The Balaban J connectivity index is 2.05. The summed E-state index contributed by atoms with van der Waals surface area (Å²) in [5, 5.41) is 2.34. The Morgan fingerprint density at radius 3 is 2.39 bits per heavy atom. The molecule has 1 aliphatic heterocycles. The Kier molecular flexibility index (Phi) is 2.74. The first-order chi connectivity index (χ1) is 8.75. The van der Waals surface area contributed by atoms with Crippen LogP contribution in [0, 0.1) is 0 Å². The van der Waals surface area contributed by atoms with Gasteiger partial charge in [-0.1, -0.05) is 0 Å². The summed E-state index contributed by atoms with van der Waals surface area (Å²) in [6, 6.07) is 15.4. The number of carbonyl (C=O) groups excluding carboxylic acids is 2. The van der Waals surface area contributed by atoms with Crippen molar-refractivity contribution in [2.75, 3.05) is 0 Å². The molecular formula is C14H9NO2Se. The zero-order valence-corrected chi connectivity index (χ0v) is 11.1. The zero-order chi connectivity index (χ0) is 12.5. The van der Waals surface area contributed by atoms with Crippen LogP contribution in [0.3, 0.4) is 0 Å². The minimum atomic E-state index is -0.291. The van der Waals surface area contributed by atoms with E-state index in [4.69, 9.17) is 0 Å². The van der Waals surface area contributed by atoms with Gasteiger partial charge in [-0.05, 0) is 0 Å². The molecule has 1 aliphatic rings. The van der Waals surface area contributed by atoms with E-state index in [1.54, 1.807) is 6.07 Å². The van der Waals surface area contributed by atoms with E-state index in [1.807, 2.05) is 42.5 Å². The number of hydrogen-bond donors (Lipinski definition) is 1. The van der Waals surface area contributed by atoms with Crippen LogP contribution in [0.15, 0.2) is 48.5 Å². The molecule has 1 heterocycles. The van der Waals surface area contributed by atoms with Gasteiger partial charge in [0, 0.05) is 0 Å². The number of nitrogens with one attached hydrogen (secondary N) is 1. The number of amides is 2. The third-order valence-corrected chi connectivity index (χ3v) is 4.94. The molecule has 0 saturated carbocycles. The van der Waals surface area contributed by atoms with Crippen molar-refractivity contribution < 1.29 is 9.59 Å². The molecule has 0 radical (unpaired) electrons. The van der Waals surface area contributed by atoms with E-state index >= 15 is 0 Å². The van der Waals surface area contributed by atoms with Gasteiger partial charge in [0.1, 0.15) is 0 Å². The van der Waals surface area contributed by atoms with Gasteiger partial charge in [-0.2, -0.15) is 0 Å². The Bertz CT molecular complexity index is 637. The Morgan fingerprint density at radius 2 is 1.61 bits per heavy atom. The van der Waals surface area contributed by atoms with Gasteiger partial charge in [0.05, 0.1) is 0 Å². The first kappa shape index (κ1) is 11.2. The van der Waals surface area contributed by atoms with E-state index in [0.717, 1.165) is 4.46 Å². The number of hydrogen-bond acceptors (Lipinski definition) is 2. The molecule has 4 heteroatoms. The van der Waals surface area contributed by atoms with E-state index in [0.29, 0.717) is 11.1 Å². The van der Waals surface area contributed by atoms with Crippen molar-refractivity contribution in [2.24, 2.45) is 0 Å². The van der Waals surface area contributed by atoms with Gasteiger partial charge < -0.3 is 0 Å². The SMILES string of the molecule is O=C1NC(=O)c2c([Se]c3ccccc3)cccc21. The number of benzene rings is 2. The standard InChI is InChI=1S/C14H9NO2Se/c16-13-10-7-4-8-11(12(10)14(17)15-13)18-9-5-2-1-3-6-9/h1-8H,(H,15,16,17). The monoisotopic (exact) mass is 303 g/mol. The van der Waals surface area contributed by atoms with Crippen molar-refractivity contribution in [2.45, 2.75) is 0 Å². The van der Waals surface area contributed by atoms with Crippen LogP contribution >= 0.6 is 0 Å². The molecule has 0 atom stereocenters. The van der Waals surface area contributed by atoms with Crippen LogP contribution < -0.4 is 14.2 Å². The minimum absolute atomic E-state index is 0.0363. The molecular weight excluding hydrogens is 293 g/mol. The maximum atomic E-state index is 11.8. The molecule has 0 fully saturated rings. The van der Waals surface area contributed by atoms with E-state index in [1.165, 1.54) is 4.46 Å². The second-order valence-electron chi connectivity index (χ2n) is 3.88. The quantitative estimate of drug-likeness (QED) is 0.637. The summed E-state index contributed by atoms with van der Waals surface area (Å²) < 4.78 is 2.14. The molecule has 18 heavy (non-hydrogen) atoms. The molecule has 1 N–H and O–H groups in total. The van der Waals surface area contributed by atoms with Crippen LogP contribution in [-0.4, -0.2) is 26.8 Å². The van der Waals surface area contributed by atoms with Crippen molar-refractivity contribution in [1.82, 2.24) is 5.32 Å². The molecule has 0 saturated heterocycles. The van der Waals surface area contributed by atoms with Crippen molar-refractivity contribution >= 4 is 35.7 Å². The van der Waals surface area contributed by atoms with Crippen LogP contribution in [0.1, 0.15) is 20.7 Å². The fourth-order valence-electron chi connectivity index (χ4n) is 1.89. The summed E-state index contributed by atoms with van der Waals surface area (Å²) in [5.74, 6) is -0.566. The second-order valence-corrected chi connectivity index (χ2v) is 6.22. The third-order valence-electron chi connectivity index (χ3n) is 2.70. The third kappa shape index (κ3) is 1.86. The molecule has 3 nitrogen and oxygen atoms in total. The molecule has 88 valence electrons. The van der Waals surface area contributed by atoms with Crippen molar-refractivity contribution in [3.05, 3.63) is 59.7 Å². The average molecular weight is 302 g/mol. The second kappa shape index (κ2) is 4.41. The fourth-order valence-corrected chi connectivity index (χ4v) is 3.98. The molecule has 3 rings (SSSR count). The summed E-state index contributed by atoms with van der Waals surface area (Å²) in [5.41, 5.74) is 1.04. The van der Waals surface area contributed by atoms with Gasteiger partial charge in [-0.25, -0.2) is 0 Å². The summed E-state index contributed by atoms with van der Waals surface area (Å²) in [4.78, 5) is 23.3. The molecule has 0 aromatic heterocycles. The number of rotatable bonds is 2. The summed E-state index contributed by atoms with van der Waals surface area (Å²) in [7, 11) is 0. The fraction of sp³-hybridized carbons (Fsp3) is 0. The van der Waals surface area contributed by atoms with E-state index in [9.17, 15) is 9.59 Å². The molecule has 2 amide bonds. The molecule has 0 bridgehead atoms. The van der Waals surface area contributed by atoms with Gasteiger partial charge >= 0.3 is 110 Å². The Hall–Kier alpha value is -1.90. The predicted octanol–water partition coefficient (Wildman–Crippen LogP) is 0.225. The number of imide groups is 1. The van der Waals surface area contributed by atoms with Crippen LogP contribution in [0.4, 0.5) is 0 Å². The van der Waals surface area contributed by atoms with Crippen molar-refractivity contribution in [3.63, 3.8) is 0 Å². The molecule has 0 spiro atoms. The van der Waals surface area contributed by atoms with E-state index in [-0.39, 0.29) is 26.8 Å². The van der Waals surface area contributed by atoms with Crippen LogP contribution in [0.5, 0.6) is 0 Å². The molecule has 2 aromatic carbocycles. The number of fused-ring (bicyclic) bond motifs is 1.